The van der Waals surface area contributed by atoms with Crippen molar-refractivity contribution in [3.8, 4) is 0 Å². The van der Waals surface area contributed by atoms with Gasteiger partial charge in [0.15, 0.2) is 16.3 Å². The first-order chi connectivity index (χ1) is 12.0. The minimum absolute atomic E-state index is 0.233. The molecule has 4 aromatic rings. The molecule has 25 heavy (non-hydrogen) atoms. The maximum atomic E-state index is 12.5. The van der Waals surface area contributed by atoms with Crippen LogP contribution in [-0.2, 0) is 6.42 Å². The second-order valence-electron chi connectivity index (χ2n) is 6.01. The molecule has 0 saturated carbocycles. The van der Waals surface area contributed by atoms with Gasteiger partial charge in [0.25, 0.3) is 5.91 Å². The van der Waals surface area contributed by atoms with Crippen LogP contribution in [0, 0.1) is 13.8 Å². The Morgan fingerprint density at radius 2 is 2.24 bits per heavy atom. The summed E-state index contributed by atoms with van der Waals surface area (Å²) >= 11 is 7.82. The summed E-state index contributed by atoms with van der Waals surface area (Å²) in [6.45, 7) is 4.33. The third-order valence-electron chi connectivity index (χ3n) is 4.15. The van der Waals surface area contributed by atoms with Crippen molar-refractivity contribution in [2.24, 2.45) is 0 Å². The molecule has 7 heteroatoms. The number of aryl methyl sites for hydroxylation is 2. The standard InChI is InChI=1S/C18H16ClN3O2S/c1-10-7-13-11(2)15(24-16(13)14(19)8-10)17(23)20-4-3-12-9-22-5-6-25-18(22)21-12/h5-9H,3-4H2,1-2H3,(H,20,23). The van der Waals surface area contributed by atoms with Gasteiger partial charge in [-0.25, -0.2) is 4.98 Å². The van der Waals surface area contributed by atoms with Crippen LogP contribution >= 0.6 is 22.9 Å². The van der Waals surface area contributed by atoms with Crippen molar-refractivity contribution in [1.29, 1.82) is 0 Å². The number of nitrogens with one attached hydrogen (secondary N) is 1. The van der Waals surface area contributed by atoms with Crippen LogP contribution in [0.3, 0.4) is 0 Å². The smallest absolute Gasteiger partial charge is 0.287 e. The molecule has 0 aliphatic rings. The molecule has 0 aliphatic heterocycles. The molecule has 4 rings (SSSR count). The number of hydrogen-bond donors (Lipinski definition) is 1. The highest BCUT2D eigenvalue weighted by Gasteiger charge is 2.19. The monoisotopic (exact) mass is 373 g/mol. The number of nitrogens with zero attached hydrogens (tertiary/aromatic N) is 2. The molecule has 5 nitrogen and oxygen atoms in total. The van der Waals surface area contributed by atoms with Gasteiger partial charge < -0.3 is 9.73 Å². The van der Waals surface area contributed by atoms with Crippen molar-refractivity contribution >= 4 is 44.8 Å². The molecule has 0 saturated heterocycles. The number of rotatable bonds is 4. The molecule has 3 aromatic heterocycles. The van der Waals surface area contributed by atoms with Crippen molar-refractivity contribution in [2.45, 2.75) is 20.3 Å². The fraction of sp³-hybridized carbons (Fsp3) is 0.222. The van der Waals surface area contributed by atoms with Crippen LogP contribution in [0.2, 0.25) is 5.02 Å². The molecule has 0 bridgehead atoms. The van der Waals surface area contributed by atoms with Crippen molar-refractivity contribution in [3.05, 3.63) is 57.5 Å². The number of halogens is 1. The van der Waals surface area contributed by atoms with Gasteiger partial charge in [-0.2, -0.15) is 0 Å². The zero-order valence-corrected chi connectivity index (χ0v) is 15.4. The van der Waals surface area contributed by atoms with E-state index >= 15 is 0 Å². The summed E-state index contributed by atoms with van der Waals surface area (Å²) in [7, 11) is 0. The number of imidazole rings is 1. The van der Waals surface area contributed by atoms with Gasteiger partial charge in [0.2, 0.25) is 0 Å². The molecular weight excluding hydrogens is 358 g/mol. The lowest BCUT2D eigenvalue weighted by Gasteiger charge is -2.02. The van der Waals surface area contributed by atoms with Crippen LogP contribution < -0.4 is 5.32 Å². The van der Waals surface area contributed by atoms with Gasteiger partial charge in [0.05, 0.1) is 10.7 Å². The van der Waals surface area contributed by atoms with E-state index in [-0.39, 0.29) is 5.91 Å². The number of furan rings is 1. The summed E-state index contributed by atoms with van der Waals surface area (Å²) in [6.07, 6.45) is 4.62. The van der Waals surface area contributed by atoms with Gasteiger partial charge in [-0.3, -0.25) is 9.20 Å². The molecule has 1 N–H and O–H groups in total. The predicted molar refractivity (Wildman–Crippen MR) is 99.8 cm³/mol. The Bertz CT molecular complexity index is 1060. The van der Waals surface area contributed by atoms with E-state index in [9.17, 15) is 4.79 Å². The Balaban J connectivity index is 1.49. The number of carbonyl (C=O) groups is 1. The third-order valence-corrected chi connectivity index (χ3v) is 5.20. The molecule has 0 atom stereocenters. The summed E-state index contributed by atoms with van der Waals surface area (Å²) in [4.78, 5) is 17.9. The summed E-state index contributed by atoms with van der Waals surface area (Å²) in [5, 5.41) is 6.29. The quantitative estimate of drug-likeness (QED) is 0.577. The highest BCUT2D eigenvalue weighted by atomic mass is 35.5. The summed E-state index contributed by atoms with van der Waals surface area (Å²) < 4.78 is 7.70. The molecule has 128 valence electrons. The Morgan fingerprint density at radius 1 is 1.40 bits per heavy atom. The topological polar surface area (TPSA) is 59.5 Å². The molecule has 0 fully saturated rings. The van der Waals surface area contributed by atoms with Crippen LogP contribution in [0.15, 0.2) is 34.3 Å². The molecule has 3 heterocycles. The highest BCUT2D eigenvalue weighted by molar-refractivity contribution is 7.15. The fourth-order valence-corrected chi connectivity index (χ4v) is 3.94. The average Bonchev–Trinajstić information content (AvgIpc) is 3.22. The van der Waals surface area contributed by atoms with Gasteiger partial charge in [-0.05, 0) is 31.5 Å². The number of benzene rings is 1. The van der Waals surface area contributed by atoms with Gasteiger partial charge in [-0.15, -0.1) is 11.3 Å². The number of aromatic nitrogens is 2. The van der Waals surface area contributed by atoms with E-state index in [2.05, 4.69) is 10.3 Å². The summed E-state index contributed by atoms with van der Waals surface area (Å²) in [6, 6.07) is 3.81. The number of thiazole rings is 1. The van der Waals surface area contributed by atoms with Crippen LogP contribution in [0.5, 0.6) is 0 Å². The minimum Gasteiger partial charge on any atom is -0.449 e. The van der Waals surface area contributed by atoms with Crippen molar-refractivity contribution in [3.63, 3.8) is 0 Å². The summed E-state index contributed by atoms with van der Waals surface area (Å²) in [5.74, 6) is 0.0803. The van der Waals surface area contributed by atoms with Gasteiger partial charge in [-0.1, -0.05) is 11.6 Å². The second kappa shape index (κ2) is 6.20. The van der Waals surface area contributed by atoms with Crippen molar-refractivity contribution in [1.82, 2.24) is 14.7 Å². The highest BCUT2D eigenvalue weighted by Crippen LogP contribution is 2.32. The molecule has 0 unspecified atom stereocenters. The van der Waals surface area contributed by atoms with Gasteiger partial charge >= 0.3 is 0 Å². The molecule has 1 amide bonds. The van der Waals surface area contributed by atoms with Crippen molar-refractivity contribution in [2.75, 3.05) is 6.54 Å². The average molecular weight is 374 g/mol. The third kappa shape index (κ3) is 2.92. The number of carbonyl (C=O) groups excluding carboxylic acids is 1. The molecule has 0 radical (unpaired) electrons. The van der Waals surface area contributed by atoms with Crippen LogP contribution in [0.4, 0.5) is 0 Å². The Hall–Kier alpha value is -2.31. The van der Waals surface area contributed by atoms with Crippen LogP contribution in [-0.4, -0.2) is 21.8 Å². The van der Waals surface area contributed by atoms with Gasteiger partial charge in [0, 0.05) is 41.7 Å². The maximum absolute atomic E-state index is 12.5. The number of fused-ring (bicyclic) bond motifs is 2. The van der Waals surface area contributed by atoms with E-state index in [4.69, 9.17) is 16.0 Å². The first-order valence-corrected chi connectivity index (χ1v) is 9.17. The normalized spacial score (nSPS) is 11.5. The Morgan fingerprint density at radius 3 is 3.04 bits per heavy atom. The lowest BCUT2D eigenvalue weighted by atomic mass is 10.1. The predicted octanol–water partition coefficient (Wildman–Crippen LogP) is 4.38. The van der Waals surface area contributed by atoms with Gasteiger partial charge in [0.1, 0.15) is 0 Å². The zero-order chi connectivity index (χ0) is 17.6. The molecular formula is C18H16ClN3O2S. The van der Waals surface area contributed by atoms with E-state index in [1.807, 2.05) is 48.2 Å². The maximum Gasteiger partial charge on any atom is 0.287 e. The van der Waals surface area contributed by atoms with E-state index < -0.39 is 0 Å². The molecule has 0 spiro atoms. The number of amides is 1. The van der Waals surface area contributed by atoms with Crippen LogP contribution in [0.25, 0.3) is 15.9 Å². The van der Waals surface area contributed by atoms with Crippen LogP contribution in [0.1, 0.15) is 27.4 Å². The number of hydrogen-bond acceptors (Lipinski definition) is 4. The SMILES string of the molecule is Cc1cc(Cl)c2oc(C(=O)NCCc3cn4ccsc4n3)c(C)c2c1. The van der Waals surface area contributed by atoms with E-state index in [0.29, 0.717) is 29.3 Å². The first-order valence-electron chi connectivity index (χ1n) is 7.91. The fourth-order valence-electron chi connectivity index (χ4n) is 2.91. The Labute approximate surface area is 153 Å². The second-order valence-corrected chi connectivity index (χ2v) is 7.29. The molecule has 0 aliphatic carbocycles. The zero-order valence-electron chi connectivity index (χ0n) is 13.8. The van der Waals surface area contributed by atoms with E-state index in [0.717, 1.165) is 27.2 Å². The largest absolute Gasteiger partial charge is 0.449 e. The molecule has 1 aromatic carbocycles. The Kier molecular flexibility index (Phi) is 4.01. The minimum atomic E-state index is -0.233. The van der Waals surface area contributed by atoms with Crippen molar-refractivity contribution < 1.29 is 9.21 Å². The van der Waals surface area contributed by atoms with E-state index in [1.54, 1.807) is 11.3 Å². The summed E-state index contributed by atoms with van der Waals surface area (Å²) in [5.41, 5.74) is 3.35. The lowest BCUT2D eigenvalue weighted by molar-refractivity contribution is 0.0927. The van der Waals surface area contributed by atoms with E-state index in [1.165, 1.54) is 0 Å². The lowest BCUT2D eigenvalue weighted by Crippen LogP contribution is -2.25. The first kappa shape index (κ1) is 16.2.